The molecule has 1 unspecified atom stereocenters. The molecule has 0 radical (unpaired) electrons. The average Bonchev–Trinajstić information content (AvgIpc) is 2.22. The number of carboxylic acid groups (broad SMARTS) is 1. The van der Waals surface area contributed by atoms with E-state index in [0.29, 0.717) is 5.92 Å². The van der Waals surface area contributed by atoms with Crippen molar-refractivity contribution in [2.75, 3.05) is 6.54 Å². The van der Waals surface area contributed by atoms with Crippen molar-refractivity contribution in [1.82, 2.24) is 10.6 Å². The number of amides is 2. The van der Waals surface area contributed by atoms with Gasteiger partial charge in [0.2, 0.25) is 0 Å². The molecule has 6 heteroatoms. The molecule has 0 aliphatic rings. The Morgan fingerprint density at radius 2 is 1.76 bits per heavy atom. The molecule has 0 spiro atoms. The lowest BCUT2D eigenvalue weighted by molar-refractivity contribution is -0.146. The van der Waals surface area contributed by atoms with Crippen molar-refractivity contribution < 1.29 is 19.8 Å². The monoisotopic (exact) mass is 246 g/mol. The van der Waals surface area contributed by atoms with Gasteiger partial charge in [0.15, 0.2) is 6.10 Å². The number of rotatable bonds is 7. The van der Waals surface area contributed by atoms with Crippen LogP contribution in [0.15, 0.2) is 0 Å². The number of aliphatic hydroxyl groups is 1. The molecule has 6 nitrogen and oxygen atoms in total. The second-order valence-corrected chi connectivity index (χ2v) is 4.58. The highest BCUT2D eigenvalue weighted by Crippen LogP contribution is 2.05. The van der Waals surface area contributed by atoms with Gasteiger partial charge in [0, 0.05) is 6.04 Å². The summed E-state index contributed by atoms with van der Waals surface area (Å²) < 4.78 is 0. The van der Waals surface area contributed by atoms with Crippen LogP contribution in [0.4, 0.5) is 4.79 Å². The molecule has 0 saturated carbocycles. The summed E-state index contributed by atoms with van der Waals surface area (Å²) in [6.07, 6.45) is 0.318. The summed E-state index contributed by atoms with van der Waals surface area (Å²) in [6.45, 7) is 5.81. The number of aliphatic hydroxyl groups excluding tert-OH is 1. The Balaban J connectivity index is 3.74. The van der Waals surface area contributed by atoms with E-state index in [1.54, 1.807) is 0 Å². The molecule has 0 rings (SSSR count). The Morgan fingerprint density at radius 1 is 1.18 bits per heavy atom. The van der Waals surface area contributed by atoms with Crippen molar-refractivity contribution in [2.45, 2.75) is 45.8 Å². The van der Waals surface area contributed by atoms with Crippen LogP contribution in [0.3, 0.4) is 0 Å². The largest absolute Gasteiger partial charge is 0.479 e. The van der Waals surface area contributed by atoms with Crippen molar-refractivity contribution in [2.24, 2.45) is 5.92 Å². The van der Waals surface area contributed by atoms with Gasteiger partial charge in [-0.2, -0.15) is 0 Å². The fourth-order valence-electron chi connectivity index (χ4n) is 1.21. The van der Waals surface area contributed by atoms with E-state index in [1.165, 1.54) is 0 Å². The molecule has 17 heavy (non-hydrogen) atoms. The van der Waals surface area contributed by atoms with Gasteiger partial charge in [-0.25, -0.2) is 9.59 Å². The van der Waals surface area contributed by atoms with Gasteiger partial charge in [-0.15, -0.1) is 0 Å². The van der Waals surface area contributed by atoms with Gasteiger partial charge in [-0.3, -0.25) is 0 Å². The molecule has 4 N–H and O–H groups in total. The summed E-state index contributed by atoms with van der Waals surface area (Å²) in [5, 5.41) is 22.3. The molecule has 0 aromatic heterocycles. The Labute approximate surface area is 101 Å². The van der Waals surface area contributed by atoms with Crippen molar-refractivity contribution >= 4 is 12.0 Å². The van der Waals surface area contributed by atoms with Gasteiger partial charge in [0.1, 0.15) is 0 Å². The number of carbonyl (C=O) groups excluding carboxylic acids is 1. The molecule has 0 heterocycles. The lowest BCUT2D eigenvalue weighted by Gasteiger charge is -2.16. The third kappa shape index (κ3) is 8.50. The maximum Gasteiger partial charge on any atom is 0.334 e. The second kappa shape index (κ2) is 7.89. The molecule has 0 fully saturated rings. The molecule has 0 aliphatic heterocycles. The lowest BCUT2D eigenvalue weighted by atomic mass is 10.0. The Hall–Kier alpha value is -1.30. The van der Waals surface area contributed by atoms with E-state index in [1.807, 2.05) is 6.92 Å². The highest BCUT2D eigenvalue weighted by Gasteiger charge is 2.14. The smallest absolute Gasteiger partial charge is 0.334 e. The molecule has 0 bridgehead atoms. The minimum absolute atomic E-state index is 0.0272. The fourth-order valence-corrected chi connectivity index (χ4v) is 1.21. The maximum atomic E-state index is 11.3. The van der Waals surface area contributed by atoms with Gasteiger partial charge in [0.25, 0.3) is 0 Å². The van der Waals surface area contributed by atoms with Gasteiger partial charge in [-0.1, -0.05) is 13.8 Å². The number of urea groups is 1. The van der Waals surface area contributed by atoms with Crippen molar-refractivity contribution in [3.63, 3.8) is 0 Å². The first-order valence-electron chi connectivity index (χ1n) is 5.78. The Bertz CT molecular complexity index is 256. The quantitative estimate of drug-likeness (QED) is 0.527. The highest BCUT2D eigenvalue weighted by molar-refractivity contribution is 5.76. The first kappa shape index (κ1) is 15.7. The zero-order valence-electron chi connectivity index (χ0n) is 10.6. The minimum Gasteiger partial charge on any atom is -0.479 e. The molecule has 0 aliphatic carbocycles. The third-order valence-electron chi connectivity index (χ3n) is 2.30. The van der Waals surface area contributed by atoms with Crippen LogP contribution in [-0.4, -0.2) is 40.9 Å². The van der Waals surface area contributed by atoms with E-state index >= 15 is 0 Å². The minimum atomic E-state index is -1.56. The fraction of sp³-hybridized carbons (Fsp3) is 0.818. The number of hydrogen-bond donors (Lipinski definition) is 4. The normalized spacial score (nSPS) is 14.2. The predicted octanol–water partition coefficient (Wildman–Crippen LogP) is 0.556. The van der Waals surface area contributed by atoms with E-state index in [-0.39, 0.29) is 12.6 Å². The second-order valence-electron chi connectivity index (χ2n) is 4.58. The van der Waals surface area contributed by atoms with Gasteiger partial charge in [0.05, 0.1) is 6.54 Å². The Kier molecular flexibility index (Phi) is 7.29. The first-order chi connectivity index (χ1) is 7.82. The molecule has 2 amide bonds. The van der Waals surface area contributed by atoms with Crippen LogP contribution in [0.2, 0.25) is 0 Å². The molecule has 0 aromatic carbocycles. The summed E-state index contributed by atoms with van der Waals surface area (Å²) >= 11 is 0. The third-order valence-corrected chi connectivity index (χ3v) is 2.30. The lowest BCUT2D eigenvalue weighted by Crippen LogP contribution is -2.45. The van der Waals surface area contributed by atoms with Crippen molar-refractivity contribution in [3.05, 3.63) is 0 Å². The maximum absolute atomic E-state index is 11.3. The topological polar surface area (TPSA) is 98.7 Å². The van der Waals surface area contributed by atoms with E-state index in [4.69, 9.17) is 10.2 Å². The Morgan fingerprint density at radius 3 is 2.24 bits per heavy atom. The van der Waals surface area contributed by atoms with Crippen molar-refractivity contribution in [3.8, 4) is 0 Å². The molecule has 100 valence electrons. The summed E-state index contributed by atoms with van der Waals surface area (Å²) in [6, 6.07) is -0.430. The van der Waals surface area contributed by atoms with Crippen LogP contribution in [0.5, 0.6) is 0 Å². The molecule has 0 saturated heterocycles. The van der Waals surface area contributed by atoms with Crippen LogP contribution in [-0.2, 0) is 4.79 Å². The van der Waals surface area contributed by atoms with Gasteiger partial charge in [-0.05, 0) is 25.7 Å². The van der Waals surface area contributed by atoms with Crippen LogP contribution >= 0.6 is 0 Å². The zero-order valence-corrected chi connectivity index (χ0v) is 10.6. The van der Waals surface area contributed by atoms with E-state index in [0.717, 1.165) is 12.8 Å². The van der Waals surface area contributed by atoms with E-state index < -0.39 is 18.1 Å². The summed E-state index contributed by atoms with van der Waals surface area (Å²) in [4.78, 5) is 21.6. The number of nitrogens with one attached hydrogen (secondary N) is 2. The number of aliphatic carboxylic acids is 1. The number of carboxylic acids is 1. The van der Waals surface area contributed by atoms with E-state index in [9.17, 15) is 9.59 Å². The summed E-state index contributed by atoms with van der Waals surface area (Å²) in [5.74, 6) is -0.769. The molecule has 2 atom stereocenters. The van der Waals surface area contributed by atoms with Gasteiger partial charge >= 0.3 is 12.0 Å². The van der Waals surface area contributed by atoms with Crippen LogP contribution in [0, 0.1) is 5.92 Å². The van der Waals surface area contributed by atoms with Crippen LogP contribution < -0.4 is 10.6 Å². The van der Waals surface area contributed by atoms with Crippen LogP contribution in [0.25, 0.3) is 0 Å². The first-order valence-corrected chi connectivity index (χ1v) is 5.78. The standard InChI is InChI=1S/C11H22N2O4/c1-7(2)4-5-8(3)13-11(17)12-6-9(14)10(15)16/h7-9,14H,4-6H2,1-3H3,(H,15,16)(H2,12,13,17)/t8?,9-/m0/s1. The molecule has 0 aromatic rings. The predicted molar refractivity (Wildman–Crippen MR) is 63.7 cm³/mol. The van der Waals surface area contributed by atoms with Crippen molar-refractivity contribution in [1.29, 1.82) is 0 Å². The summed E-state index contributed by atoms with van der Waals surface area (Å²) in [7, 11) is 0. The molecular weight excluding hydrogens is 224 g/mol. The van der Waals surface area contributed by atoms with E-state index in [2.05, 4.69) is 24.5 Å². The van der Waals surface area contributed by atoms with Crippen LogP contribution in [0.1, 0.15) is 33.6 Å². The average molecular weight is 246 g/mol. The SMILES string of the molecule is CC(C)CCC(C)NC(=O)NC[C@H](O)C(=O)O. The number of hydrogen-bond acceptors (Lipinski definition) is 3. The molecular formula is C11H22N2O4. The zero-order chi connectivity index (χ0) is 13.4. The summed E-state index contributed by atoms with van der Waals surface area (Å²) in [5.41, 5.74) is 0. The number of carbonyl (C=O) groups is 2. The van der Waals surface area contributed by atoms with Gasteiger partial charge < -0.3 is 20.8 Å². The highest BCUT2D eigenvalue weighted by atomic mass is 16.4.